The number of aliphatic hydroxyl groups excluding tert-OH is 1. The average Bonchev–Trinajstić information content (AvgIpc) is 3.73. The van der Waals surface area contributed by atoms with Crippen LogP contribution in [0.3, 0.4) is 0 Å². The summed E-state index contributed by atoms with van der Waals surface area (Å²) >= 11 is 17.9. The van der Waals surface area contributed by atoms with Gasteiger partial charge in [0.05, 0.1) is 18.1 Å². The Morgan fingerprint density at radius 3 is 2.25 bits per heavy atom. The van der Waals surface area contributed by atoms with E-state index in [2.05, 4.69) is 89.6 Å². The highest BCUT2D eigenvalue weighted by Crippen LogP contribution is 2.71. The Bertz CT molecular complexity index is 1540. The van der Waals surface area contributed by atoms with Crippen molar-refractivity contribution >= 4 is 67.5 Å². The second-order valence-electron chi connectivity index (χ2n) is 18.1. The Morgan fingerprint density at radius 1 is 1.10 bits per heavy atom. The first-order valence-electron chi connectivity index (χ1n) is 19.2. The number of ketones is 1. The van der Waals surface area contributed by atoms with Gasteiger partial charge in [-0.25, -0.2) is 0 Å². The van der Waals surface area contributed by atoms with Crippen molar-refractivity contribution in [2.45, 2.75) is 175 Å². The molecule has 1 saturated carbocycles. The van der Waals surface area contributed by atoms with Crippen LogP contribution >= 0.6 is 39.1 Å². The van der Waals surface area contributed by atoms with E-state index < -0.39 is 56.7 Å². The second-order valence-corrected chi connectivity index (χ2v) is 29.8. The standard InChI is InChI=1S/C39H59BrCl2O7Si2/c1-12-51(13-2,14-3)49-33-26-19-38(9)30-24(18-27(40)39(38,47-26)34(33)44)23-16-15-22(21(5)28(23)31(30)43)29(35(41)42)32(25-17-20(4)36(45)46-25)48-50(10,11)37(6,7)8/h15-16,20,24-27,29-30,32-35,44H,12-14,17-19H2,1-11H3/t20-,24-,25+,26+,27+,29-,30+,32+,33-,34-,38+,39+/m0/s1. The van der Waals surface area contributed by atoms with Crippen molar-refractivity contribution in [1.82, 2.24) is 0 Å². The molecule has 1 spiro atoms. The van der Waals surface area contributed by atoms with Gasteiger partial charge >= 0.3 is 5.97 Å². The predicted molar refractivity (Wildman–Crippen MR) is 211 cm³/mol. The molecule has 6 rings (SSSR count). The molecule has 12 heteroatoms. The fourth-order valence-electron chi connectivity index (χ4n) is 10.4. The van der Waals surface area contributed by atoms with Crippen LogP contribution in [0.5, 0.6) is 0 Å². The summed E-state index contributed by atoms with van der Waals surface area (Å²) in [6.45, 7) is 23.6. The Balaban J connectivity index is 1.38. The number of benzene rings is 1. The Hall–Kier alpha value is -0.306. The van der Waals surface area contributed by atoms with Gasteiger partial charge < -0.3 is 23.4 Å². The quantitative estimate of drug-likeness (QED) is 0.135. The monoisotopic (exact) mass is 844 g/mol. The number of ether oxygens (including phenoxy) is 2. The maximum atomic E-state index is 15.0. The van der Waals surface area contributed by atoms with Gasteiger partial charge in [-0.3, -0.25) is 9.59 Å². The molecule has 5 aliphatic rings. The molecular formula is C39H59BrCl2O7Si2. The van der Waals surface area contributed by atoms with E-state index in [1.807, 2.05) is 13.8 Å². The van der Waals surface area contributed by atoms with Gasteiger partial charge in [-0.05, 0) is 85.1 Å². The van der Waals surface area contributed by atoms with E-state index in [0.717, 1.165) is 40.4 Å². The predicted octanol–water partition coefficient (Wildman–Crippen LogP) is 9.59. The Kier molecular flexibility index (Phi) is 10.9. The first-order chi connectivity index (χ1) is 23.6. The summed E-state index contributed by atoms with van der Waals surface area (Å²) in [4.78, 5) is 26.7. The number of Topliss-reactive ketones (excluding diaryl/α,β-unsaturated/α-hetero) is 1. The lowest BCUT2D eigenvalue weighted by Crippen LogP contribution is -2.68. The smallest absolute Gasteiger partial charge is 0.309 e. The maximum Gasteiger partial charge on any atom is 0.309 e. The molecule has 51 heavy (non-hydrogen) atoms. The van der Waals surface area contributed by atoms with Crippen LogP contribution in [0.15, 0.2) is 12.1 Å². The minimum atomic E-state index is -2.40. The molecule has 7 nitrogen and oxygen atoms in total. The number of halogens is 3. The number of rotatable bonds is 11. The van der Waals surface area contributed by atoms with E-state index in [1.54, 1.807) is 0 Å². The molecule has 3 aliphatic heterocycles. The molecule has 0 amide bonds. The first-order valence-corrected chi connectivity index (χ1v) is 26.4. The van der Waals surface area contributed by atoms with Gasteiger partial charge in [-0.2, -0.15) is 0 Å². The number of fused-ring (bicyclic) bond motifs is 5. The van der Waals surface area contributed by atoms with Gasteiger partial charge in [0.1, 0.15) is 28.7 Å². The van der Waals surface area contributed by atoms with Gasteiger partial charge in [0.2, 0.25) is 0 Å². The second kappa shape index (κ2) is 13.7. The summed E-state index contributed by atoms with van der Waals surface area (Å²) in [6, 6.07) is 7.15. The van der Waals surface area contributed by atoms with E-state index in [9.17, 15) is 9.90 Å². The number of hydrogen-bond donors (Lipinski definition) is 1. The zero-order chi connectivity index (χ0) is 37.8. The van der Waals surface area contributed by atoms with Crippen LogP contribution in [-0.4, -0.2) is 79.3 Å². The summed E-state index contributed by atoms with van der Waals surface area (Å²) in [7, 11) is -4.43. The molecule has 1 aromatic carbocycles. The molecule has 2 bridgehead atoms. The van der Waals surface area contributed by atoms with Crippen molar-refractivity contribution in [3.8, 4) is 0 Å². The molecule has 4 fully saturated rings. The number of carbonyl (C=O) groups excluding carboxylic acids is 2. The molecule has 1 aromatic rings. The number of carbonyl (C=O) groups is 2. The van der Waals surface area contributed by atoms with E-state index >= 15 is 4.79 Å². The average molecular weight is 847 g/mol. The van der Waals surface area contributed by atoms with E-state index in [-0.39, 0.29) is 51.6 Å². The van der Waals surface area contributed by atoms with Gasteiger partial charge in [0.15, 0.2) is 22.4 Å². The minimum absolute atomic E-state index is 0.0256. The van der Waals surface area contributed by atoms with Crippen molar-refractivity contribution in [1.29, 1.82) is 0 Å². The van der Waals surface area contributed by atoms with Crippen LogP contribution in [0.2, 0.25) is 36.3 Å². The molecule has 3 saturated heterocycles. The molecule has 0 radical (unpaired) electrons. The number of hydrogen-bond acceptors (Lipinski definition) is 7. The first kappa shape index (κ1) is 40.4. The van der Waals surface area contributed by atoms with Crippen molar-refractivity contribution in [3.63, 3.8) is 0 Å². The molecular weight excluding hydrogens is 787 g/mol. The number of cyclic esters (lactones) is 1. The normalized spacial score (nSPS) is 37.4. The third-order valence-electron chi connectivity index (χ3n) is 14.6. The fourth-order valence-corrected chi connectivity index (χ4v) is 16.5. The topological polar surface area (TPSA) is 91.3 Å². The number of esters is 1. The van der Waals surface area contributed by atoms with E-state index in [0.29, 0.717) is 19.3 Å². The molecule has 2 aliphatic carbocycles. The van der Waals surface area contributed by atoms with Crippen molar-refractivity contribution in [2.75, 3.05) is 0 Å². The van der Waals surface area contributed by atoms with Crippen LogP contribution in [0.1, 0.15) is 114 Å². The molecule has 12 atom stereocenters. The zero-order valence-corrected chi connectivity index (χ0v) is 37.4. The van der Waals surface area contributed by atoms with Crippen LogP contribution in [0.4, 0.5) is 0 Å². The minimum Gasteiger partial charge on any atom is -0.459 e. The Labute approximate surface area is 325 Å². The molecule has 0 aromatic heterocycles. The number of aliphatic hydroxyl groups is 1. The summed E-state index contributed by atoms with van der Waals surface area (Å²) in [5, 5.41) is 12.1. The maximum absolute atomic E-state index is 15.0. The molecule has 1 N–H and O–H groups in total. The van der Waals surface area contributed by atoms with Crippen molar-refractivity contribution in [3.05, 3.63) is 34.4 Å². The van der Waals surface area contributed by atoms with Crippen molar-refractivity contribution in [2.24, 2.45) is 17.3 Å². The SMILES string of the molecule is CC[Si](CC)(CC)O[C@H]1[C@H]2C[C@]3(C)[C@H]4C(=O)c5c(ccc([C@H](C(Cl)Cl)[C@H](O[Si](C)(C)C(C)(C)C)[C@H]6C[C@H](C)C(=O)O6)c5C)[C@@H]4C[C@@H](Br)[C@@]3(O2)[C@H]1O. The lowest BCUT2D eigenvalue weighted by molar-refractivity contribution is -0.147. The third-order valence-corrected chi connectivity index (χ3v) is 25.3. The molecule has 0 unspecified atom stereocenters. The van der Waals surface area contributed by atoms with Crippen LogP contribution in [0.25, 0.3) is 0 Å². The van der Waals surface area contributed by atoms with Crippen LogP contribution < -0.4 is 0 Å². The van der Waals surface area contributed by atoms with Crippen LogP contribution in [-0.2, 0) is 23.1 Å². The fraction of sp³-hybridized carbons (Fsp3) is 0.795. The van der Waals surface area contributed by atoms with E-state index in [4.69, 9.17) is 41.5 Å². The van der Waals surface area contributed by atoms with Crippen molar-refractivity contribution < 1.29 is 33.0 Å². The largest absolute Gasteiger partial charge is 0.459 e. The highest BCUT2D eigenvalue weighted by atomic mass is 79.9. The summed E-state index contributed by atoms with van der Waals surface area (Å²) in [6.07, 6.45) is -0.744. The zero-order valence-electron chi connectivity index (χ0n) is 32.3. The lowest BCUT2D eigenvalue weighted by Gasteiger charge is -2.57. The third kappa shape index (κ3) is 5.96. The Morgan fingerprint density at radius 2 is 1.73 bits per heavy atom. The summed E-state index contributed by atoms with van der Waals surface area (Å²) in [5.74, 6) is -1.31. The highest BCUT2D eigenvalue weighted by molar-refractivity contribution is 9.09. The van der Waals surface area contributed by atoms with Gasteiger partial charge in [0, 0.05) is 27.6 Å². The summed E-state index contributed by atoms with van der Waals surface area (Å²) in [5.41, 5.74) is 1.93. The lowest BCUT2D eigenvalue weighted by atomic mass is 9.50. The molecule has 286 valence electrons. The number of alkyl halides is 3. The highest BCUT2D eigenvalue weighted by Gasteiger charge is 2.78. The van der Waals surface area contributed by atoms with E-state index in [1.165, 1.54) is 0 Å². The van der Waals surface area contributed by atoms with Gasteiger partial charge in [0.25, 0.3) is 0 Å². The van der Waals surface area contributed by atoms with Gasteiger partial charge in [-0.15, -0.1) is 23.2 Å². The molecule has 3 heterocycles. The summed E-state index contributed by atoms with van der Waals surface area (Å²) < 4.78 is 26.9. The van der Waals surface area contributed by atoms with Crippen LogP contribution in [0, 0.1) is 24.2 Å². The van der Waals surface area contributed by atoms with Gasteiger partial charge in [-0.1, -0.05) is 83.5 Å².